The van der Waals surface area contributed by atoms with E-state index < -0.39 is 16.7 Å². The molecule has 0 aliphatic rings. The topological polar surface area (TPSA) is 80.5 Å². The highest BCUT2D eigenvalue weighted by Gasteiger charge is 2.24. The van der Waals surface area contributed by atoms with E-state index in [4.69, 9.17) is 0 Å². The van der Waals surface area contributed by atoms with Gasteiger partial charge in [-0.25, -0.2) is 4.90 Å². The Morgan fingerprint density at radius 3 is 2.37 bits per heavy atom. The molecule has 0 saturated heterocycles. The monoisotopic (exact) mass is 326 g/mol. The Morgan fingerprint density at radius 1 is 1.37 bits per heavy atom. The lowest BCUT2D eigenvalue weighted by molar-refractivity contribution is -0.384. The SMILES string of the molecule is C=C(C)C(=O)N(C(C)=O)c1cc([N+](=O)[O-])ccc1Br. The highest BCUT2D eigenvalue weighted by Crippen LogP contribution is 2.31. The van der Waals surface area contributed by atoms with E-state index in [0.717, 1.165) is 11.0 Å². The number of hydrogen-bond donors (Lipinski definition) is 0. The predicted octanol–water partition coefficient (Wildman–Crippen LogP) is 2.81. The van der Waals surface area contributed by atoms with Crippen molar-refractivity contribution in [2.75, 3.05) is 4.90 Å². The smallest absolute Gasteiger partial charge is 0.271 e. The maximum atomic E-state index is 11.9. The molecule has 2 amide bonds. The van der Waals surface area contributed by atoms with Crippen molar-refractivity contribution in [1.82, 2.24) is 0 Å². The minimum atomic E-state index is -0.603. The molecule has 1 aromatic carbocycles. The maximum Gasteiger partial charge on any atom is 0.271 e. The summed E-state index contributed by atoms with van der Waals surface area (Å²) in [6.45, 7) is 6.14. The molecule has 0 aromatic heterocycles. The van der Waals surface area contributed by atoms with Crippen LogP contribution in [-0.2, 0) is 9.59 Å². The lowest BCUT2D eigenvalue weighted by Crippen LogP contribution is -2.35. The molecule has 100 valence electrons. The average Bonchev–Trinajstić information content (AvgIpc) is 2.30. The van der Waals surface area contributed by atoms with E-state index in [2.05, 4.69) is 22.5 Å². The number of nitro groups is 1. The molecular weight excluding hydrogens is 316 g/mol. The second kappa shape index (κ2) is 5.75. The lowest BCUT2D eigenvalue weighted by atomic mass is 10.2. The number of rotatable bonds is 3. The minimum Gasteiger partial charge on any atom is -0.274 e. The molecule has 1 rings (SSSR count). The summed E-state index contributed by atoms with van der Waals surface area (Å²) in [4.78, 5) is 34.5. The molecule has 1 aromatic rings. The zero-order valence-corrected chi connectivity index (χ0v) is 11.9. The van der Waals surface area contributed by atoms with E-state index in [1.165, 1.54) is 26.0 Å². The predicted molar refractivity (Wildman–Crippen MR) is 73.8 cm³/mol. The molecule has 0 unspecified atom stereocenters. The van der Waals surface area contributed by atoms with Crippen LogP contribution in [0.15, 0.2) is 34.8 Å². The van der Waals surface area contributed by atoms with Crippen molar-refractivity contribution in [3.8, 4) is 0 Å². The minimum absolute atomic E-state index is 0.120. The first kappa shape index (κ1) is 15.0. The third kappa shape index (κ3) is 3.25. The summed E-state index contributed by atoms with van der Waals surface area (Å²) >= 11 is 3.17. The number of carbonyl (C=O) groups is 2. The van der Waals surface area contributed by atoms with E-state index >= 15 is 0 Å². The molecule has 0 aliphatic heterocycles. The third-order valence-electron chi connectivity index (χ3n) is 2.26. The van der Waals surface area contributed by atoms with E-state index in [1.54, 1.807) is 0 Å². The van der Waals surface area contributed by atoms with Crippen LogP contribution in [0.5, 0.6) is 0 Å². The van der Waals surface area contributed by atoms with Gasteiger partial charge in [0.15, 0.2) is 0 Å². The summed E-state index contributed by atoms with van der Waals surface area (Å²) < 4.78 is 0.405. The zero-order chi connectivity index (χ0) is 14.7. The Kier molecular flexibility index (Phi) is 4.55. The van der Waals surface area contributed by atoms with Crippen molar-refractivity contribution in [3.05, 3.63) is 44.9 Å². The molecule has 0 fully saturated rings. The van der Waals surface area contributed by atoms with Crippen molar-refractivity contribution in [3.63, 3.8) is 0 Å². The quantitative estimate of drug-likeness (QED) is 0.486. The van der Waals surface area contributed by atoms with Crippen molar-refractivity contribution >= 4 is 39.1 Å². The number of amides is 2. The summed E-state index contributed by atoms with van der Waals surface area (Å²) in [7, 11) is 0. The highest BCUT2D eigenvalue weighted by molar-refractivity contribution is 9.10. The summed E-state index contributed by atoms with van der Waals surface area (Å²) in [6.07, 6.45) is 0. The molecule has 0 aliphatic carbocycles. The van der Waals surface area contributed by atoms with Gasteiger partial charge in [-0.3, -0.25) is 19.7 Å². The van der Waals surface area contributed by atoms with Gasteiger partial charge in [-0.1, -0.05) is 6.58 Å². The first-order valence-corrected chi connectivity index (χ1v) is 5.99. The Balaban J connectivity index is 3.42. The second-order valence-corrected chi connectivity index (χ2v) is 4.69. The molecule has 7 heteroatoms. The second-order valence-electron chi connectivity index (χ2n) is 3.83. The van der Waals surface area contributed by atoms with Crippen molar-refractivity contribution < 1.29 is 14.5 Å². The fourth-order valence-corrected chi connectivity index (χ4v) is 1.82. The van der Waals surface area contributed by atoms with Crippen LogP contribution in [-0.4, -0.2) is 16.7 Å². The van der Waals surface area contributed by atoms with Crippen LogP contribution >= 0.6 is 15.9 Å². The van der Waals surface area contributed by atoms with Gasteiger partial charge in [0.1, 0.15) is 0 Å². The number of imide groups is 1. The average molecular weight is 327 g/mol. The molecule has 0 bridgehead atoms. The number of anilines is 1. The van der Waals surface area contributed by atoms with E-state index in [1.807, 2.05) is 0 Å². The molecule has 0 saturated carbocycles. The van der Waals surface area contributed by atoms with Crippen LogP contribution in [0.25, 0.3) is 0 Å². The van der Waals surface area contributed by atoms with Gasteiger partial charge in [-0.15, -0.1) is 0 Å². The number of hydrogen-bond acceptors (Lipinski definition) is 4. The summed E-state index contributed by atoms with van der Waals surface area (Å²) in [5.74, 6) is -1.15. The van der Waals surface area contributed by atoms with Crippen LogP contribution in [0.1, 0.15) is 13.8 Å². The number of carbonyl (C=O) groups excluding carboxylic acids is 2. The zero-order valence-electron chi connectivity index (χ0n) is 10.3. The lowest BCUT2D eigenvalue weighted by Gasteiger charge is -2.20. The fraction of sp³-hybridized carbons (Fsp3) is 0.167. The standard InChI is InChI=1S/C12H11BrN2O4/c1-7(2)12(17)14(8(3)16)11-6-9(15(18)19)4-5-10(11)13/h4-6H,1H2,2-3H3. The molecule has 0 heterocycles. The molecule has 6 nitrogen and oxygen atoms in total. The van der Waals surface area contributed by atoms with Gasteiger partial charge < -0.3 is 0 Å². The molecule has 0 radical (unpaired) electrons. The fourth-order valence-electron chi connectivity index (χ4n) is 1.40. The van der Waals surface area contributed by atoms with Gasteiger partial charge in [-0.05, 0) is 28.9 Å². The number of non-ortho nitro benzene ring substituents is 1. The van der Waals surface area contributed by atoms with Crippen LogP contribution in [0.4, 0.5) is 11.4 Å². The normalized spacial score (nSPS) is 9.84. The van der Waals surface area contributed by atoms with Crippen molar-refractivity contribution in [2.24, 2.45) is 0 Å². The molecule has 19 heavy (non-hydrogen) atoms. The first-order chi connectivity index (χ1) is 8.75. The van der Waals surface area contributed by atoms with Gasteiger partial charge in [0, 0.05) is 29.1 Å². The van der Waals surface area contributed by atoms with Crippen LogP contribution in [0.3, 0.4) is 0 Å². The molecule has 0 spiro atoms. The van der Waals surface area contributed by atoms with E-state index in [-0.39, 0.29) is 16.9 Å². The Bertz CT molecular complexity index is 583. The Labute approximate surface area is 118 Å². The van der Waals surface area contributed by atoms with Crippen molar-refractivity contribution in [1.29, 1.82) is 0 Å². The Hall–Kier alpha value is -2.02. The van der Waals surface area contributed by atoms with Gasteiger partial charge >= 0.3 is 0 Å². The van der Waals surface area contributed by atoms with E-state index in [9.17, 15) is 19.7 Å². The molecule has 0 atom stereocenters. The largest absolute Gasteiger partial charge is 0.274 e. The number of benzene rings is 1. The van der Waals surface area contributed by atoms with E-state index in [0.29, 0.717) is 4.47 Å². The van der Waals surface area contributed by atoms with Crippen LogP contribution in [0, 0.1) is 10.1 Å². The molecule has 0 N–H and O–H groups in total. The summed E-state index contributed by atoms with van der Waals surface area (Å²) in [5, 5.41) is 10.7. The number of nitrogens with zero attached hydrogens (tertiary/aromatic N) is 2. The number of nitro benzene ring substituents is 1. The maximum absolute atomic E-state index is 11.9. The van der Waals surface area contributed by atoms with Crippen molar-refractivity contribution in [2.45, 2.75) is 13.8 Å². The van der Waals surface area contributed by atoms with Gasteiger partial charge in [-0.2, -0.15) is 0 Å². The third-order valence-corrected chi connectivity index (χ3v) is 2.94. The molecular formula is C12H11BrN2O4. The van der Waals surface area contributed by atoms with Gasteiger partial charge in [0.25, 0.3) is 11.6 Å². The number of halogens is 1. The highest BCUT2D eigenvalue weighted by atomic mass is 79.9. The van der Waals surface area contributed by atoms with Crippen LogP contribution < -0.4 is 4.90 Å². The summed E-state index contributed by atoms with van der Waals surface area (Å²) in [6, 6.07) is 3.85. The Morgan fingerprint density at radius 2 is 1.95 bits per heavy atom. The summed E-state index contributed by atoms with van der Waals surface area (Å²) in [5.41, 5.74) is 0.0715. The van der Waals surface area contributed by atoms with Gasteiger partial charge in [0.05, 0.1) is 10.6 Å². The van der Waals surface area contributed by atoms with Gasteiger partial charge in [0.2, 0.25) is 5.91 Å². The first-order valence-electron chi connectivity index (χ1n) is 5.20. The van der Waals surface area contributed by atoms with Crippen LogP contribution in [0.2, 0.25) is 0 Å².